The summed E-state index contributed by atoms with van der Waals surface area (Å²) < 4.78 is 24.7. The van der Waals surface area contributed by atoms with E-state index in [0.717, 1.165) is 5.57 Å². The van der Waals surface area contributed by atoms with Gasteiger partial charge in [0, 0.05) is 41.6 Å². The summed E-state index contributed by atoms with van der Waals surface area (Å²) in [6, 6.07) is 0. The van der Waals surface area contributed by atoms with Gasteiger partial charge in [0.05, 0.1) is 22.9 Å². The third-order valence-electron chi connectivity index (χ3n) is 13.0. The Kier molecular flexibility index (Phi) is 4.45. The molecule has 9 heteroatoms. The van der Waals surface area contributed by atoms with Gasteiger partial charge in [0.25, 0.3) is 0 Å². The Morgan fingerprint density at radius 1 is 1.12 bits per heavy atom. The number of esters is 3. The lowest BCUT2D eigenvalue weighted by Gasteiger charge is -2.46. The van der Waals surface area contributed by atoms with Gasteiger partial charge in [-0.1, -0.05) is 31.2 Å². The average molecular weight is 565 g/mol. The first-order valence-corrected chi connectivity index (χ1v) is 14.7. The van der Waals surface area contributed by atoms with Crippen LogP contribution in [0.5, 0.6) is 0 Å². The van der Waals surface area contributed by atoms with E-state index in [0.29, 0.717) is 18.4 Å². The maximum Gasteiger partial charge on any atom is 0.334 e. The first-order valence-electron chi connectivity index (χ1n) is 14.7. The number of ketones is 1. The van der Waals surface area contributed by atoms with E-state index < -0.39 is 87.0 Å². The smallest absolute Gasteiger partial charge is 0.334 e. The lowest BCUT2D eigenvalue weighted by molar-refractivity contribution is -0.162. The zero-order valence-corrected chi connectivity index (χ0v) is 24.0. The zero-order chi connectivity index (χ0) is 29.3. The van der Waals surface area contributed by atoms with Gasteiger partial charge in [-0.2, -0.15) is 0 Å². The predicted octanol–water partition coefficient (Wildman–Crippen LogP) is 2.75. The fourth-order valence-electron chi connectivity index (χ4n) is 11.3. The van der Waals surface area contributed by atoms with Crippen molar-refractivity contribution >= 4 is 23.7 Å². The molecule has 0 radical (unpaired) electrons. The average Bonchev–Trinajstić information content (AvgIpc) is 3.12. The summed E-state index contributed by atoms with van der Waals surface area (Å²) in [6.45, 7) is 12.9. The topological polar surface area (TPSA) is 129 Å². The Bertz CT molecular complexity index is 1460. The van der Waals surface area contributed by atoms with Crippen molar-refractivity contribution in [2.45, 2.75) is 95.4 Å². The Morgan fingerprint density at radius 2 is 1.85 bits per heavy atom. The minimum Gasteiger partial charge on any atom is -0.462 e. The summed E-state index contributed by atoms with van der Waals surface area (Å²) in [6.07, 6.45) is 4.99. The largest absolute Gasteiger partial charge is 0.462 e. The standard InChI is InChI=1S/C32H36O9/c1-14-11-19(34)32-20(14)23-21(18(38-16(3)33)12-29(32,6)41-32)31(26(36)40-23)13-30-10-9-27(31,4)24(30)22-17(7-8-28(30,5)37)15(2)25(35)39-22/h9-11,17-18,20-24,37H,2,7-8,12-13H2,1,3-6H3/t17-,18-,20+,21+,22-,23+,24-,27+,28-,29+,30-,31-,32-/m0/s1. The zero-order valence-electron chi connectivity index (χ0n) is 24.0. The van der Waals surface area contributed by atoms with E-state index in [9.17, 15) is 24.3 Å². The Morgan fingerprint density at radius 3 is 2.56 bits per heavy atom. The number of carbonyl (C=O) groups excluding carboxylic acids is 4. The second-order valence-electron chi connectivity index (χ2n) is 14.6. The molecule has 0 aromatic carbocycles. The van der Waals surface area contributed by atoms with Crippen LogP contribution in [0.4, 0.5) is 0 Å². The molecule has 3 saturated carbocycles. The van der Waals surface area contributed by atoms with Crippen LogP contribution < -0.4 is 0 Å². The first kappa shape index (κ1) is 25.9. The van der Waals surface area contributed by atoms with Crippen molar-refractivity contribution in [3.05, 3.63) is 36.0 Å². The number of epoxide rings is 1. The van der Waals surface area contributed by atoms with Crippen molar-refractivity contribution < 1.29 is 43.2 Å². The molecule has 0 aromatic rings. The first-order chi connectivity index (χ1) is 19.1. The van der Waals surface area contributed by atoms with Crippen LogP contribution in [-0.4, -0.2) is 63.9 Å². The van der Waals surface area contributed by atoms with Crippen LogP contribution in [0.3, 0.4) is 0 Å². The van der Waals surface area contributed by atoms with Crippen molar-refractivity contribution in [2.75, 3.05) is 0 Å². The second kappa shape index (κ2) is 7.05. The van der Waals surface area contributed by atoms with Crippen molar-refractivity contribution in [3.63, 3.8) is 0 Å². The van der Waals surface area contributed by atoms with Crippen molar-refractivity contribution in [1.82, 2.24) is 0 Å². The highest BCUT2D eigenvalue weighted by Crippen LogP contribution is 2.81. The van der Waals surface area contributed by atoms with Gasteiger partial charge in [0.15, 0.2) is 11.4 Å². The number of carbonyl (C=O) groups is 4. The summed E-state index contributed by atoms with van der Waals surface area (Å²) in [4.78, 5) is 53.4. The molecule has 2 bridgehead atoms. The van der Waals surface area contributed by atoms with E-state index in [4.69, 9.17) is 18.9 Å². The Hall–Kier alpha value is -2.78. The molecule has 9 nitrogen and oxygen atoms in total. The van der Waals surface area contributed by atoms with Crippen molar-refractivity contribution in [2.24, 2.45) is 39.9 Å². The summed E-state index contributed by atoms with van der Waals surface area (Å²) in [5.41, 5.74) is -5.09. The van der Waals surface area contributed by atoms with E-state index in [2.05, 4.69) is 6.58 Å². The van der Waals surface area contributed by atoms with Gasteiger partial charge >= 0.3 is 17.9 Å². The van der Waals surface area contributed by atoms with Gasteiger partial charge in [0.1, 0.15) is 23.9 Å². The van der Waals surface area contributed by atoms with E-state index >= 15 is 0 Å². The quantitative estimate of drug-likeness (QED) is 0.168. The molecular weight excluding hydrogens is 528 g/mol. The Labute approximate surface area is 238 Å². The van der Waals surface area contributed by atoms with Gasteiger partial charge in [-0.3, -0.25) is 14.4 Å². The number of aliphatic hydroxyl groups is 1. The van der Waals surface area contributed by atoms with Crippen molar-refractivity contribution in [3.8, 4) is 0 Å². The van der Waals surface area contributed by atoms with Crippen LogP contribution in [0.15, 0.2) is 36.0 Å². The number of hydrogen-bond acceptors (Lipinski definition) is 9. The molecule has 3 saturated heterocycles. The Balaban J connectivity index is 1.35. The van der Waals surface area contributed by atoms with Crippen LogP contribution in [0.1, 0.15) is 60.3 Å². The molecular formula is C32H36O9. The minimum absolute atomic E-state index is 0.147. The maximum absolute atomic E-state index is 14.6. The van der Waals surface area contributed by atoms with Crippen LogP contribution in [0, 0.1) is 39.9 Å². The molecule has 13 atom stereocenters. The lowest BCUT2D eigenvalue weighted by atomic mass is 9.54. The van der Waals surface area contributed by atoms with Crippen LogP contribution in [-0.2, 0) is 38.1 Å². The molecule has 2 spiro atoms. The summed E-state index contributed by atoms with van der Waals surface area (Å²) >= 11 is 0. The predicted molar refractivity (Wildman–Crippen MR) is 141 cm³/mol. The molecule has 0 aromatic heterocycles. The van der Waals surface area contributed by atoms with Crippen LogP contribution >= 0.6 is 0 Å². The third kappa shape index (κ3) is 2.49. The highest BCUT2D eigenvalue weighted by atomic mass is 16.6. The molecule has 0 unspecified atom stereocenters. The van der Waals surface area contributed by atoms with Gasteiger partial charge in [-0.15, -0.1) is 0 Å². The van der Waals surface area contributed by atoms with Crippen LogP contribution in [0.2, 0.25) is 0 Å². The maximum atomic E-state index is 14.6. The number of allylic oxidation sites excluding steroid dienone is 1. The number of fused-ring (bicyclic) bond motifs is 5. The van der Waals surface area contributed by atoms with E-state index in [1.807, 2.05) is 39.8 Å². The van der Waals surface area contributed by atoms with Gasteiger partial charge in [-0.05, 0) is 46.1 Å². The molecule has 8 rings (SSSR count). The fourth-order valence-corrected chi connectivity index (χ4v) is 11.3. The van der Waals surface area contributed by atoms with Gasteiger partial charge in [-0.25, -0.2) is 4.79 Å². The highest BCUT2D eigenvalue weighted by Gasteiger charge is 2.88. The summed E-state index contributed by atoms with van der Waals surface area (Å²) in [5, 5.41) is 12.2. The van der Waals surface area contributed by atoms with Gasteiger partial charge in [0.2, 0.25) is 0 Å². The SMILES string of the molecule is C=C1C(=O)O[C@@H]2[C@@H]3[C@@]4(C=C[C@@]3(C)[C@]3(C4)C(=O)O[C@H]4[C@H]3[C@@H](OC(C)=O)C[C@@]3(C)O[C@]35C(=O)C=C(C)[C@H]45)[C@@](C)(O)CC[C@@H]12. The molecule has 6 fully saturated rings. The molecule has 0 amide bonds. The monoisotopic (exact) mass is 564 g/mol. The molecule has 1 N–H and O–H groups in total. The molecule has 218 valence electrons. The second-order valence-corrected chi connectivity index (χ2v) is 14.6. The summed E-state index contributed by atoms with van der Waals surface area (Å²) in [7, 11) is 0. The van der Waals surface area contributed by atoms with Crippen molar-refractivity contribution in [1.29, 1.82) is 0 Å². The fraction of sp³-hybridized carbons (Fsp3) is 0.688. The third-order valence-corrected chi connectivity index (χ3v) is 13.0. The van der Waals surface area contributed by atoms with Gasteiger partial charge < -0.3 is 24.1 Å². The number of ether oxygens (including phenoxy) is 4. The molecule has 3 heterocycles. The lowest BCUT2D eigenvalue weighted by Crippen LogP contribution is -2.53. The molecule has 8 aliphatic rings. The normalized spacial score (nSPS) is 57.1. The molecule has 41 heavy (non-hydrogen) atoms. The molecule has 3 aliphatic heterocycles. The van der Waals surface area contributed by atoms with E-state index in [1.54, 1.807) is 6.08 Å². The number of rotatable bonds is 1. The minimum atomic E-state index is -1.22. The number of hydrogen-bond donors (Lipinski definition) is 1. The summed E-state index contributed by atoms with van der Waals surface area (Å²) in [5.74, 6) is -3.32. The van der Waals surface area contributed by atoms with Crippen LogP contribution in [0.25, 0.3) is 0 Å². The highest BCUT2D eigenvalue weighted by molar-refractivity contribution is 6.05. The van der Waals surface area contributed by atoms with E-state index in [1.165, 1.54) is 6.92 Å². The van der Waals surface area contributed by atoms with E-state index in [-0.39, 0.29) is 24.5 Å². The molecule has 5 aliphatic carbocycles.